The molecule has 1 saturated heterocycles. The number of methoxy groups -OCH3 is 1. The number of Topliss-reactive ketones (excluding diaryl/α,β-unsaturated/α-hetero) is 1. The van der Waals surface area contributed by atoms with Crippen LogP contribution in [-0.4, -0.2) is 56.8 Å². The Morgan fingerprint density at radius 3 is 2.26 bits per heavy atom. The number of hydrazine groups is 1. The van der Waals surface area contributed by atoms with Gasteiger partial charge in [-0.25, -0.2) is 5.01 Å². The zero-order chi connectivity index (χ0) is 25.0. The zero-order valence-corrected chi connectivity index (χ0v) is 22.5. The van der Waals surface area contributed by atoms with E-state index in [0.29, 0.717) is 11.3 Å². The van der Waals surface area contributed by atoms with E-state index in [1.165, 1.54) is 13.2 Å². The van der Waals surface area contributed by atoms with E-state index in [0.717, 1.165) is 16.4 Å². The molecule has 5 rings (SSSR count). The minimum Gasteiger partial charge on any atom is -0.497 e. The summed E-state index contributed by atoms with van der Waals surface area (Å²) in [4.78, 5) is 54.3. The van der Waals surface area contributed by atoms with Gasteiger partial charge >= 0.3 is 0 Å². The van der Waals surface area contributed by atoms with Gasteiger partial charge in [-0.05, 0) is 42.5 Å². The lowest BCUT2D eigenvalue weighted by Gasteiger charge is -2.31. The lowest BCUT2D eigenvalue weighted by molar-refractivity contribution is -0.154. The number of hydrogen-bond acceptors (Lipinski definition) is 5. The van der Waals surface area contributed by atoms with Crippen LogP contribution < -0.4 is 4.74 Å². The second kappa shape index (κ2) is 9.33. The van der Waals surface area contributed by atoms with Crippen LogP contribution in [0.4, 0.5) is 0 Å². The Bertz CT molecular complexity index is 1210. The molecule has 6 atom stereocenters. The standard InChI is InChI=1S/C25H21Br2ClN2O5/c1-35-13-6-4-5-12(9-13)18(31)11-29(23(32)14-7-2-3-8-17(14)28)30-24(33)19-15-10-16(20(19)25(30)34)22(27)21(15)26/h2-9,15-16,19-22H,10-11H2,1H3/t15-,16-,19-,20+,21-,22+/m1/s1. The Labute approximate surface area is 224 Å². The molecule has 2 aromatic carbocycles. The first kappa shape index (κ1) is 24.5. The Kier molecular flexibility index (Phi) is 6.52. The molecule has 2 bridgehead atoms. The largest absolute Gasteiger partial charge is 0.497 e. The first-order valence-corrected chi connectivity index (χ1v) is 13.3. The summed E-state index contributed by atoms with van der Waals surface area (Å²) in [6, 6.07) is 12.9. The molecule has 1 aliphatic heterocycles. The lowest BCUT2D eigenvalue weighted by atomic mass is 9.81. The fraction of sp³-hybridized carbons (Fsp3) is 0.360. The smallest absolute Gasteiger partial charge is 0.274 e. The van der Waals surface area contributed by atoms with Crippen LogP contribution >= 0.6 is 43.5 Å². The molecular weight excluding hydrogens is 604 g/mol. The number of alkyl halides is 2. The highest BCUT2D eigenvalue weighted by Gasteiger charge is 2.67. The first-order chi connectivity index (χ1) is 16.7. The van der Waals surface area contributed by atoms with E-state index in [1.54, 1.807) is 42.5 Å². The van der Waals surface area contributed by atoms with E-state index in [2.05, 4.69) is 31.9 Å². The number of fused-ring (bicyclic) bond motifs is 5. The Balaban J connectivity index is 1.52. The molecule has 3 fully saturated rings. The first-order valence-electron chi connectivity index (χ1n) is 11.1. The number of ketones is 1. The molecule has 2 saturated carbocycles. The molecule has 182 valence electrons. The van der Waals surface area contributed by atoms with Crippen molar-refractivity contribution < 1.29 is 23.9 Å². The van der Waals surface area contributed by atoms with Gasteiger partial charge in [0, 0.05) is 15.2 Å². The van der Waals surface area contributed by atoms with Crippen molar-refractivity contribution in [3.05, 3.63) is 64.7 Å². The number of amides is 3. The Morgan fingerprint density at radius 2 is 1.66 bits per heavy atom. The van der Waals surface area contributed by atoms with E-state index >= 15 is 0 Å². The molecule has 0 aromatic heterocycles. The summed E-state index contributed by atoms with van der Waals surface area (Å²) >= 11 is 13.6. The predicted octanol–water partition coefficient (Wildman–Crippen LogP) is 4.37. The van der Waals surface area contributed by atoms with Crippen molar-refractivity contribution in [2.24, 2.45) is 23.7 Å². The highest BCUT2D eigenvalue weighted by Crippen LogP contribution is 2.60. The van der Waals surface area contributed by atoms with E-state index in [1.807, 2.05) is 0 Å². The summed E-state index contributed by atoms with van der Waals surface area (Å²) in [5, 5.41) is 2.01. The van der Waals surface area contributed by atoms with Gasteiger partial charge in [-0.15, -0.1) is 0 Å². The summed E-state index contributed by atoms with van der Waals surface area (Å²) in [6.45, 7) is -0.501. The van der Waals surface area contributed by atoms with E-state index in [-0.39, 0.29) is 32.1 Å². The number of imide groups is 1. The molecular formula is C25H21Br2ClN2O5. The van der Waals surface area contributed by atoms with Crippen molar-refractivity contribution in [3.8, 4) is 5.75 Å². The van der Waals surface area contributed by atoms with Crippen LogP contribution in [0.5, 0.6) is 5.75 Å². The van der Waals surface area contributed by atoms with Crippen LogP contribution in [-0.2, 0) is 9.59 Å². The summed E-state index contributed by atoms with van der Waals surface area (Å²) < 4.78 is 5.20. The van der Waals surface area contributed by atoms with Gasteiger partial charge in [0.1, 0.15) is 12.3 Å². The fourth-order valence-corrected chi connectivity index (χ4v) is 7.69. The van der Waals surface area contributed by atoms with Crippen LogP contribution in [0.2, 0.25) is 5.02 Å². The third-order valence-electron chi connectivity index (χ3n) is 7.23. The van der Waals surface area contributed by atoms with Gasteiger partial charge in [0.15, 0.2) is 5.78 Å². The number of carbonyl (C=O) groups is 4. The van der Waals surface area contributed by atoms with Crippen LogP contribution in [0.15, 0.2) is 48.5 Å². The summed E-state index contributed by atoms with van der Waals surface area (Å²) in [6.07, 6.45) is 0.758. The number of nitrogens with zero attached hydrogens (tertiary/aromatic N) is 2. The third-order valence-corrected chi connectivity index (χ3v) is 10.8. The minimum atomic E-state index is -0.688. The molecule has 2 aliphatic carbocycles. The summed E-state index contributed by atoms with van der Waals surface area (Å²) in [5.41, 5.74) is 0.395. The number of carbonyl (C=O) groups excluding carboxylic acids is 4. The number of halogens is 3. The predicted molar refractivity (Wildman–Crippen MR) is 136 cm³/mol. The fourth-order valence-electron chi connectivity index (χ4n) is 5.60. The third kappa shape index (κ3) is 3.92. The molecule has 35 heavy (non-hydrogen) atoms. The average Bonchev–Trinajstić information content (AvgIpc) is 3.47. The second-order valence-corrected chi connectivity index (χ2v) is 11.5. The van der Waals surface area contributed by atoms with Gasteiger partial charge in [-0.2, -0.15) is 5.01 Å². The van der Waals surface area contributed by atoms with Gasteiger partial charge in [0.25, 0.3) is 17.7 Å². The second-order valence-electron chi connectivity index (χ2n) is 8.99. The summed E-state index contributed by atoms with van der Waals surface area (Å²) in [7, 11) is 1.49. The maximum absolute atomic E-state index is 13.7. The van der Waals surface area contributed by atoms with Crippen molar-refractivity contribution in [1.29, 1.82) is 0 Å². The topological polar surface area (TPSA) is 84.0 Å². The maximum Gasteiger partial charge on any atom is 0.274 e. The normalized spacial score (nSPS) is 28.9. The highest BCUT2D eigenvalue weighted by atomic mass is 79.9. The van der Waals surface area contributed by atoms with E-state index in [4.69, 9.17) is 16.3 Å². The molecule has 7 nitrogen and oxygen atoms in total. The van der Waals surface area contributed by atoms with E-state index < -0.39 is 41.9 Å². The van der Waals surface area contributed by atoms with Crippen molar-refractivity contribution in [3.63, 3.8) is 0 Å². The lowest BCUT2D eigenvalue weighted by Crippen LogP contribution is -2.52. The van der Waals surface area contributed by atoms with Gasteiger partial charge in [-0.1, -0.05) is 67.7 Å². The van der Waals surface area contributed by atoms with Crippen molar-refractivity contribution >= 4 is 67.0 Å². The van der Waals surface area contributed by atoms with Crippen molar-refractivity contribution in [1.82, 2.24) is 10.0 Å². The van der Waals surface area contributed by atoms with E-state index in [9.17, 15) is 19.2 Å². The zero-order valence-electron chi connectivity index (χ0n) is 18.6. The Hall–Kier alpha value is -2.23. The Morgan fingerprint density at radius 1 is 1.03 bits per heavy atom. The van der Waals surface area contributed by atoms with Gasteiger partial charge in [0.05, 0.1) is 29.5 Å². The molecule has 1 heterocycles. The van der Waals surface area contributed by atoms with Crippen LogP contribution in [0.3, 0.4) is 0 Å². The summed E-state index contributed by atoms with van der Waals surface area (Å²) in [5.74, 6) is -2.66. The molecule has 2 aromatic rings. The van der Waals surface area contributed by atoms with Crippen molar-refractivity contribution in [2.45, 2.75) is 16.1 Å². The van der Waals surface area contributed by atoms with Crippen LogP contribution in [0, 0.1) is 23.7 Å². The highest BCUT2D eigenvalue weighted by molar-refractivity contribution is 9.12. The number of benzene rings is 2. The monoisotopic (exact) mass is 622 g/mol. The molecule has 0 N–H and O–H groups in total. The van der Waals surface area contributed by atoms with Gasteiger partial charge in [0.2, 0.25) is 0 Å². The number of ether oxygens (including phenoxy) is 1. The van der Waals surface area contributed by atoms with Gasteiger partial charge < -0.3 is 4.74 Å². The van der Waals surface area contributed by atoms with Crippen molar-refractivity contribution in [2.75, 3.05) is 13.7 Å². The molecule has 0 radical (unpaired) electrons. The molecule has 3 aliphatic rings. The molecule has 0 spiro atoms. The SMILES string of the molecule is COc1cccc(C(=O)CN(C(=O)c2ccccc2Cl)N2C(=O)[C@@H]3[C@H]4C[C@@H]([C@H](Br)[C@@H]4Br)[C@@H]3C2=O)c1. The quantitative estimate of drug-likeness (QED) is 0.271. The molecule has 3 amide bonds. The molecule has 0 unspecified atom stereocenters. The number of rotatable bonds is 6. The molecule has 10 heteroatoms. The van der Waals surface area contributed by atoms with Crippen LogP contribution in [0.25, 0.3) is 0 Å². The number of hydrogen-bond donors (Lipinski definition) is 0. The van der Waals surface area contributed by atoms with Crippen LogP contribution in [0.1, 0.15) is 27.1 Å². The van der Waals surface area contributed by atoms with Gasteiger partial charge in [-0.3, -0.25) is 19.2 Å². The minimum absolute atomic E-state index is 0.0258. The average molecular weight is 625 g/mol. The maximum atomic E-state index is 13.7.